The fraction of sp³-hybridized carbons (Fsp3) is 0.692. The Kier molecular flexibility index (Phi) is 9.85. The molecule has 7 heteroatoms. The van der Waals surface area contributed by atoms with Crippen LogP contribution in [-0.2, 0) is 9.59 Å². The minimum absolute atomic E-state index is 0.0169. The molecule has 1 saturated heterocycles. The Morgan fingerprint density at radius 1 is 1.09 bits per heavy atom. The number of benzene rings is 1. The molecule has 0 aliphatic carbocycles. The second kappa shape index (κ2) is 12.8. The molecule has 33 heavy (non-hydrogen) atoms. The van der Waals surface area contributed by atoms with E-state index in [1.54, 1.807) is 0 Å². The van der Waals surface area contributed by atoms with Gasteiger partial charge in [-0.25, -0.2) is 0 Å². The first-order valence-corrected chi connectivity index (χ1v) is 12.7. The maximum absolute atomic E-state index is 12.9. The zero-order chi connectivity index (χ0) is 23.6. The van der Waals surface area contributed by atoms with Gasteiger partial charge < -0.3 is 20.1 Å². The summed E-state index contributed by atoms with van der Waals surface area (Å²) in [7, 11) is 0. The summed E-state index contributed by atoms with van der Waals surface area (Å²) in [5.41, 5.74) is 1.03. The summed E-state index contributed by atoms with van der Waals surface area (Å²) in [6, 6.07) is 5.86. The van der Waals surface area contributed by atoms with Crippen LogP contribution in [-0.4, -0.2) is 56.1 Å². The number of amides is 2. The van der Waals surface area contributed by atoms with E-state index in [4.69, 9.17) is 9.47 Å². The van der Waals surface area contributed by atoms with Crippen LogP contribution in [0.3, 0.4) is 0 Å². The molecule has 3 rings (SSSR count). The molecule has 2 aliphatic rings. The summed E-state index contributed by atoms with van der Waals surface area (Å²) in [6.45, 7) is 10.4. The topological polar surface area (TPSA) is 79.9 Å². The molecule has 1 atom stereocenters. The third-order valence-electron chi connectivity index (χ3n) is 6.52. The molecule has 0 saturated carbocycles. The summed E-state index contributed by atoms with van der Waals surface area (Å²) >= 11 is 0. The Balaban J connectivity index is 1.48. The Hall–Kier alpha value is -2.28. The minimum Gasteiger partial charge on any atom is -0.490 e. The molecular formula is C26H41N3O4. The van der Waals surface area contributed by atoms with Gasteiger partial charge in [0, 0.05) is 18.9 Å². The van der Waals surface area contributed by atoms with Crippen LogP contribution in [0.2, 0.25) is 0 Å². The molecular weight excluding hydrogens is 418 g/mol. The lowest BCUT2D eigenvalue weighted by Gasteiger charge is -2.31. The zero-order valence-corrected chi connectivity index (χ0v) is 20.5. The van der Waals surface area contributed by atoms with Crippen LogP contribution in [0.25, 0.3) is 0 Å². The van der Waals surface area contributed by atoms with Crippen molar-refractivity contribution in [2.24, 2.45) is 11.8 Å². The number of carbonyl (C=O) groups is 2. The number of piperidine rings is 1. The van der Waals surface area contributed by atoms with Crippen LogP contribution in [0.5, 0.6) is 11.5 Å². The molecule has 184 valence electrons. The first-order valence-electron chi connectivity index (χ1n) is 12.7. The molecule has 0 bridgehead atoms. The Morgan fingerprint density at radius 2 is 1.82 bits per heavy atom. The molecule has 1 aromatic rings. The van der Waals surface area contributed by atoms with Gasteiger partial charge >= 0.3 is 0 Å². The highest BCUT2D eigenvalue weighted by Gasteiger charge is 2.27. The van der Waals surface area contributed by atoms with E-state index >= 15 is 0 Å². The van der Waals surface area contributed by atoms with Crippen molar-refractivity contribution in [2.45, 2.75) is 65.3 Å². The van der Waals surface area contributed by atoms with E-state index in [0.29, 0.717) is 19.8 Å². The van der Waals surface area contributed by atoms with Gasteiger partial charge in [0.1, 0.15) is 0 Å². The van der Waals surface area contributed by atoms with Crippen LogP contribution < -0.4 is 20.1 Å². The van der Waals surface area contributed by atoms with Gasteiger partial charge in [-0.05, 0) is 56.0 Å². The van der Waals surface area contributed by atoms with Crippen LogP contribution in [0.4, 0.5) is 0 Å². The number of hydrogen-bond acceptors (Lipinski definition) is 5. The molecule has 2 aliphatic heterocycles. The molecule has 1 fully saturated rings. The van der Waals surface area contributed by atoms with E-state index in [0.717, 1.165) is 75.2 Å². The van der Waals surface area contributed by atoms with E-state index in [1.807, 2.05) is 18.2 Å². The average molecular weight is 460 g/mol. The van der Waals surface area contributed by atoms with Gasteiger partial charge in [0.25, 0.3) is 0 Å². The fourth-order valence-corrected chi connectivity index (χ4v) is 4.51. The average Bonchev–Trinajstić information content (AvgIpc) is 3.05. The molecule has 1 unspecified atom stereocenters. The van der Waals surface area contributed by atoms with E-state index in [-0.39, 0.29) is 29.7 Å². The monoisotopic (exact) mass is 459 g/mol. The van der Waals surface area contributed by atoms with Crippen LogP contribution >= 0.6 is 0 Å². The molecule has 0 aromatic heterocycles. The summed E-state index contributed by atoms with van der Waals surface area (Å²) in [5, 5.41) is 6.29. The summed E-state index contributed by atoms with van der Waals surface area (Å²) < 4.78 is 11.6. The number of ether oxygens (including phenoxy) is 2. The number of nitrogens with zero attached hydrogens (tertiary/aromatic N) is 1. The Morgan fingerprint density at radius 3 is 2.52 bits per heavy atom. The van der Waals surface area contributed by atoms with Gasteiger partial charge in [-0.2, -0.15) is 0 Å². The number of fused-ring (bicyclic) bond motifs is 1. The van der Waals surface area contributed by atoms with Crippen molar-refractivity contribution in [1.82, 2.24) is 15.5 Å². The van der Waals surface area contributed by atoms with Gasteiger partial charge in [0.2, 0.25) is 11.8 Å². The van der Waals surface area contributed by atoms with Gasteiger partial charge in [-0.3, -0.25) is 14.5 Å². The molecule has 7 nitrogen and oxygen atoms in total. The number of carbonyl (C=O) groups excluding carboxylic acids is 2. The predicted octanol–water partition coefficient (Wildman–Crippen LogP) is 3.68. The Labute approximate surface area is 198 Å². The third kappa shape index (κ3) is 7.63. The normalized spacial score (nSPS) is 17.9. The van der Waals surface area contributed by atoms with Crippen molar-refractivity contribution in [2.75, 3.05) is 39.4 Å². The third-order valence-corrected chi connectivity index (χ3v) is 6.52. The van der Waals surface area contributed by atoms with Crippen molar-refractivity contribution < 1.29 is 19.1 Å². The van der Waals surface area contributed by atoms with Crippen LogP contribution in [0.15, 0.2) is 18.2 Å². The largest absolute Gasteiger partial charge is 0.490 e. The van der Waals surface area contributed by atoms with Crippen LogP contribution in [0.1, 0.15) is 70.9 Å². The van der Waals surface area contributed by atoms with Crippen molar-refractivity contribution >= 4 is 11.8 Å². The fourth-order valence-electron chi connectivity index (χ4n) is 4.51. The number of nitrogens with one attached hydrogen (secondary N) is 2. The smallest absolute Gasteiger partial charge is 0.234 e. The van der Waals surface area contributed by atoms with Crippen molar-refractivity contribution in [3.05, 3.63) is 23.8 Å². The number of likely N-dealkylation sites (tertiary alicyclic amines) is 1. The van der Waals surface area contributed by atoms with Gasteiger partial charge in [-0.1, -0.05) is 39.7 Å². The van der Waals surface area contributed by atoms with Crippen molar-refractivity contribution in [1.29, 1.82) is 0 Å². The lowest BCUT2D eigenvalue weighted by Crippen LogP contribution is -2.45. The maximum atomic E-state index is 12.9. The quantitative estimate of drug-likeness (QED) is 0.522. The minimum atomic E-state index is -0.0962. The Bertz CT molecular complexity index is 775. The molecule has 2 heterocycles. The van der Waals surface area contributed by atoms with E-state index in [9.17, 15) is 9.59 Å². The zero-order valence-electron chi connectivity index (χ0n) is 20.5. The number of unbranched alkanes of at least 4 members (excludes halogenated alkanes) is 2. The summed E-state index contributed by atoms with van der Waals surface area (Å²) in [4.78, 5) is 27.4. The van der Waals surface area contributed by atoms with Gasteiger partial charge in [0.05, 0.1) is 25.8 Å². The maximum Gasteiger partial charge on any atom is 0.234 e. The second-order valence-corrected chi connectivity index (χ2v) is 9.59. The molecule has 2 amide bonds. The molecule has 1 aromatic carbocycles. The second-order valence-electron chi connectivity index (χ2n) is 9.59. The van der Waals surface area contributed by atoms with E-state index < -0.39 is 0 Å². The predicted molar refractivity (Wildman–Crippen MR) is 129 cm³/mol. The highest BCUT2D eigenvalue weighted by atomic mass is 16.5. The lowest BCUT2D eigenvalue weighted by atomic mass is 9.95. The van der Waals surface area contributed by atoms with E-state index in [1.165, 1.54) is 0 Å². The van der Waals surface area contributed by atoms with Crippen molar-refractivity contribution in [3.8, 4) is 11.5 Å². The first kappa shape index (κ1) is 25.3. The number of hydrogen-bond donors (Lipinski definition) is 2. The standard InChI is InChI=1S/C26H41N3O4/c1-4-5-6-12-27-26(31)20-10-13-29(14-11-20)18-24(30)28-25(19(2)3)21-8-9-22-23(17-21)33-16-7-15-32-22/h8-9,17,19-20,25H,4-7,10-16,18H2,1-3H3,(H,27,31)(H,28,30). The highest BCUT2D eigenvalue weighted by molar-refractivity contribution is 5.79. The number of rotatable bonds is 10. The molecule has 0 radical (unpaired) electrons. The summed E-state index contributed by atoms with van der Waals surface area (Å²) in [6.07, 6.45) is 5.83. The molecule has 0 spiro atoms. The lowest BCUT2D eigenvalue weighted by molar-refractivity contribution is -0.127. The van der Waals surface area contributed by atoms with Gasteiger partial charge in [-0.15, -0.1) is 0 Å². The van der Waals surface area contributed by atoms with Gasteiger partial charge in [0.15, 0.2) is 11.5 Å². The van der Waals surface area contributed by atoms with E-state index in [2.05, 4.69) is 36.3 Å². The highest BCUT2D eigenvalue weighted by Crippen LogP contribution is 2.34. The summed E-state index contributed by atoms with van der Waals surface area (Å²) in [5.74, 6) is 2.01. The van der Waals surface area contributed by atoms with Crippen LogP contribution in [0, 0.1) is 11.8 Å². The van der Waals surface area contributed by atoms with Crippen molar-refractivity contribution in [3.63, 3.8) is 0 Å². The molecule has 2 N–H and O–H groups in total. The SMILES string of the molecule is CCCCCNC(=O)C1CCN(CC(=O)NC(c2ccc3c(c2)OCCCO3)C(C)C)CC1. The first-order chi connectivity index (χ1) is 16.0.